The van der Waals surface area contributed by atoms with Crippen molar-refractivity contribution in [1.82, 2.24) is 14.8 Å². The number of carbonyl (C=O) groups is 1. The van der Waals surface area contributed by atoms with Crippen molar-refractivity contribution in [2.24, 2.45) is 7.05 Å². The Bertz CT molecular complexity index is 924. The van der Waals surface area contributed by atoms with Crippen LogP contribution in [0.1, 0.15) is 12.5 Å². The van der Waals surface area contributed by atoms with Gasteiger partial charge in [-0.05, 0) is 32.0 Å². The summed E-state index contributed by atoms with van der Waals surface area (Å²) in [5.41, 5.74) is 2.96. The van der Waals surface area contributed by atoms with Gasteiger partial charge in [-0.25, -0.2) is 0 Å². The summed E-state index contributed by atoms with van der Waals surface area (Å²) in [6.45, 7) is 3.91. The zero-order valence-corrected chi connectivity index (χ0v) is 17.1. The summed E-state index contributed by atoms with van der Waals surface area (Å²) in [6, 6.07) is 15.7. The quantitative estimate of drug-likeness (QED) is 0.597. The van der Waals surface area contributed by atoms with E-state index < -0.39 is 0 Å². The van der Waals surface area contributed by atoms with Crippen molar-refractivity contribution in [3.05, 3.63) is 58.6 Å². The van der Waals surface area contributed by atoms with E-state index in [2.05, 4.69) is 31.4 Å². The molecule has 1 atom stereocenters. The number of benzene rings is 2. The largest absolute Gasteiger partial charge is 0.325 e. The Kier molecular flexibility index (Phi) is 5.78. The lowest BCUT2D eigenvalue weighted by molar-refractivity contribution is -0.115. The first-order valence-electron chi connectivity index (χ1n) is 8.13. The predicted molar refractivity (Wildman–Crippen MR) is 109 cm³/mol. The van der Waals surface area contributed by atoms with Crippen LogP contribution >= 0.6 is 27.7 Å². The van der Waals surface area contributed by atoms with E-state index in [4.69, 9.17) is 0 Å². The monoisotopic (exact) mass is 430 g/mol. The van der Waals surface area contributed by atoms with Gasteiger partial charge in [0.15, 0.2) is 11.0 Å². The van der Waals surface area contributed by atoms with Gasteiger partial charge in [0.2, 0.25) is 5.91 Å². The molecule has 0 spiro atoms. The molecule has 1 heterocycles. The number of amides is 1. The maximum absolute atomic E-state index is 12.4. The number of nitrogens with one attached hydrogen (secondary N) is 1. The van der Waals surface area contributed by atoms with Gasteiger partial charge < -0.3 is 9.88 Å². The number of thioether (sulfide) groups is 1. The molecule has 0 aliphatic rings. The summed E-state index contributed by atoms with van der Waals surface area (Å²) in [7, 11) is 1.91. The van der Waals surface area contributed by atoms with Crippen molar-refractivity contribution in [1.29, 1.82) is 0 Å². The van der Waals surface area contributed by atoms with Crippen molar-refractivity contribution in [3.63, 3.8) is 0 Å². The lowest BCUT2D eigenvalue weighted by Crippen LogP contribution is -2.22. The number of anilines is 1. The van der Waals surface area contributed by atoms with Crippen LogP contribution in [-0.2, 0) is 11.8 Å². The predicted octanol–water partition coefficient (Wildman–Crippen LogP) is 4.67. The van der Waals surface area contributed by atoms with E-state index in [0.29, 0.717) is 5.16 Å². The molecule has 1 aromatic heterocycles. The minimum absolute atomic E-state index is 0.0759. The minimum Gasteiger partial charge on any atom is -0.325 e. The summed E-state index contributed by atoms with van der Waals surface area (Å²) >= 11 is 4.79. The topological polar surface area (TPSA) is 59.8 Å². The Balaban J connectivity index is 1.70. The number of hydrogen-bond acceptors (Lipinski definition) is 4. The highest BCUT2D eigenvalue weighted by atomic mass is 79.9. The zero-order valence-electron chi connectivity index (χ0n) is 14.7. The van der Waals surface area contributed by atoms with Crippen LogP contribution in [0.15, 0.2) is 58.2 Å². The SMILES string of the molecule is Cc1ccc(-c2nnc(SC(C)C(=O)Nc3cccc(Br)c3)n2C)cc1. The summed E-state index contributed by atoms with van der Waals surface area (Å²) in [5.74, 6) is 0.708. The van der Waals surface area contributed by atoms with E-state index in [1.807, 2.05) is 74.0 Å². The molecule has 0 aliphatic carbocycles. The normalized spacial score (nSPS) is 12.0. The van der Waals surface area contributed by atoms with E-state index in [1.165, 1.54) is 17.3 Å². The Morgan fingerprint density at radius 3 is 2.62 bits per heavy atom. The molecular weight excluding hydrogens is 412 g/mol. The lowest BCUT2D eigenvalue weighted by atomic mass is 10.1. The van der Waals surface area contributed by atoms with Gasteiger partial charge in [-0.15, -0.1) is 10.2 Å². The van der Waals surface area contributed by atoms with Gasteiger partial charge in [0.1, 0.15) is 0 Å². The van der Waals surface area contributed by atoms with Gasteiger partial charge in [0.25, 0.3) is 0 Å². The fourth-order valence-corrected chi connectivity index (χ4v) is 3.61. The van der Waals surface area contributed by atoms with Crippen LogP contribution in [0, 0.1) is 6.92 Å². The van der Waals surface area contributed by atoms with Gasteiger partial charge in [0.05, 0.1) is 5.25 Å². The highest BCUT2D eigenvalue weighted by molar-refractivity contribution is 9.10. The van der Waals surface area contributed by atoms with Crippen molar-refractivity contribution in [2.45, 2.75) is 24.3 Å². The molecule has 5 nitrogen and oxygen atoms in total. The molecule has 7 heteroatoms. The van der Waals surface area contributed by atoms with Crippen LogP contribution in [0.4, 0.5) is 5.69 Å². The van der Waals surface area contributed by atoms with Crippen molar-refractivity contribution < 1.29 is 4.79 Å². The molecule has 0 fully saturated rings. The third-order valence-electron chi connectivity index (χ3n) is 3.89. The van der Waals surface area contributed by atoms with E-state index in [9.17, 15) is 4.79 Å². The third kappa shape index (κ3) is 4.34. The minimum atomic E-state index is -0.303. The van der Waals surface area contributed by atoms with Gasteiger partial charge in [-0.2, -0.15) is 0 Å². The average Bonchev–Trinajstić information content (AvgIpc) is 2.96. The Hall–Kier alpha value is -2.12. The molecule has 3 rings (SSSR count). The Morgan fingerprint density at radius 2 is 1.92 bits per heavy atom. The molecule has 1 unspecified atom stereocenters. The third-order valence-corrected chi connectivity index (χ3v) is 5.52. The number of aromatic nitrogens is 3. The van der Waals surface area contributed by atoms with Crippen molar-refractivity contribution in [3.8, 4) is 11.4 Å². The molecule has 0 saturated heterocycles. The zero-order chi connectivity index (χ0) is 18.7. The standard InChI is InChI=1S/C19H19BrN4OS/c1-12-7-9-14(10-8-12)17-22-23-19(24(17)3)26-13(2)18(25)21-16-6-4-5-15(20)11-16/h4-11,13H,1-3H3,(H,21,25). The maximum atomic E-state index is 12.4. The lowest BCUT2D eigenvalue weighted by Gasteiger charge is -2.12. The Labute approximate surface area is 165 Å². The summed E-state index contributed by atoms with van der Waals surface area (Å²) in [6.07, 6.45) is 0. The molecule has 134 valence electrons. The van der Waals surface area contributed by atoms with E-state index in [1.54, 1.807) is 0 Å². The number of carbonyl (C=O) groups excluding carboxylic acids is 1. The first kappa shape index (κ1) is 18.7. The van der Waals surface area contributed by atoms with Gasteiger partial charge in [-0.1, -0.05) is 63.6 Å². The van der Waals surface area contributed by atoms with Crippen LogP contribution in [0.5, 0.6) is 0 Å². The van der Waals surface area contributed by atoms with E-state index >= 15 is 0 Å². The summed E-state index contributed by atoms with van der Waals surface area (Å²) in [4.78, 5) is 12.4. The second-order valence-corrected chi connectivity index (χ2v) is 8.21. The molecule has 0 bridgehead atoms. The van der Waals surface area contributed by atoms with Crippen molar-refractivity contribution in [2.75, 3.05) is 5.32 Å². The van der Waals surface area contributed by atoms with Crippen LogP contribution in [0.3, 0.4) is 0 Å². The molecule has 0 aliphatic heterocycles. The van der Waals surface area contributed by atoms with Gasteiger partial charge in [0, 0.05) is 22.8 Å². The number of aryl methyl sites for hydroxylation is 1. The molecule has 1 amide bonds. The Morgan fingerprint density at radius 1 is 1.19 bits per heavy atom. The number of rotatable bonds is 5. The van der Waals surface area contributed by atoms with E-state index in [-0.39, 0.29) is 11.2 Å². The molecule has 2 aromatic carbocycles. The van der Waals surface area contributed by atoms with Crippen LogP contribution in [-0.4, -0.2) is 25.9 Å². The van der Waals surface area contributed by atoms with Crippen LogP contribution in [0.25, 0.3) is 11.4 Å². The fourth-order valence-electron chi connectivity index (χ4n) is 2.39. The molecule has 1 N–H and O–H groups in total. The fraction of sp³-hybridized carbons (Fsp3) is 0.211. The van der Waals surface area contributed by atoms with Crippen LogP contribution in [0.2, 0.25) is 0 Å². The highest BCUT2D eigenvalue weighted by Crippen LogP contribution is 2.26. The maximum Gasteiger partial charge on any atom is 0.237 e. The van der Waals surface area contributed by atoms with Crippen LogP contribution < -0.4 is 5.32 Å². The smallest absolute Gasteiger partial charge is 0.237 e. The molecule has 0 radical (unpaired) electrons. The summed E-state index contributed by atoms with van der Waals surface area (Å²) < 4.78 is 2.84. The highest BCUT2D eigenvalue weighted by Gasteiger charge is 2.19. The first-order valence-corrected chi connectivity index (χ1v) is 9.81. The number of nitrogens with zero attached hydrogens (tertiary/aromatic N) is 3. The second kappa shape index (κ2) is 8.05. The number of hydrogen-bond donors (Lipinski definition) is 1. The van der Waals surface area contributed by atoms with E-state index in [0.717, 1.165) is 21.5 Å². The first-order chi connectivity index (χ1) is 12.4. The summed E-state index contributed by atoms with van der Waals surface area (Å²) in [5, 5.41) is 11.8. The van der Waals surface area contributed by atoms with Crippen molar-refractivity contribution >= 4 is 39.3 Å². The molecule has 0 saturated carbocycles. The molecule has 26 heavy (non-hydrogen) atoms. The average molecular weight is 431 g/mol. The van der Waals surface area contributed by atoms with Gasteiger partial charge >= 0.3 is 0 Å². The van der Waals surface area contributed by atoms with Gasteiger partial charge in [-0.3, -0.25) is 4.79 Å². The molecule has 3 aromatic rings. The number of halogens is 1. The molecular formula is C19H19BrN4OS. The second-order valence-electron chi connectivity index (χ2n) is 5.99.